The van der Waals surface area contributed by atoms with Gasteiger partial charge < -0.3 is 14.5 Å². The van der Waals surface area contributed by atoms with Crippen LogP contribution in [0.1, 0.15) is 11.1 Å². The molecule has 0 fully saturated rings. The van der Waals surface area contributed by atoms with E-state index in [2.05, 4.69) is 61.8 Å². The van der Waals surface area contributed by atoms with Crippen molar-refractivity contribution < 1.29 is 14.4 Å². The van der Waals surface area contributed by atoms with Crippen molar-refractivity contribution in [1.82, 2.24) is 4.90 Å². The number of thioether (sulfide) groups is 1. The lowest BCUT2D eigenvalue weighted by Gasteiger charge is -2.20. The Labute approximate surface area is 177 Å². The Bertz CT molecular complexity index is 972. The lowest BCUT2D eigenvalue weighted by molar-refractivity contribution is -0.885. The number of nitrogens with one attached hydrogen (secondary N) is 1. The quantitative estimate of drug-likeness (QED) is 0.580. The van der Waals surface area contributed by atoms with Gasteiger partial charge in [-0.05, 0) is 52.9 Å². The summed E-state index contributed by atoms with van der Waals surface area (Å²) in [4.78, 5) is 16.9. The Morgan fingerprint density at radius 3 is 2.34 bits per heavy atom. The molecule has 0 saturated carbocycles. The fraction of sp³-hybridized carbons (Fsp3) is 0.292. The molecule has 0 aliphatic heterocycles. The maximum absolute atomic E-state index is 12.7. The molecule has 0 bridgehead atoms. The summed E-state index contributed by atoms with van der Waals surface area (Å²) in [6, 6.07) is 20.9. The van der Waals surface area contributed by atoms with Gasteiger partial charge in [-0.15, -0.1) is 11.8 Å². The Morgan fingerprint density at radius 2 is 1.66 bits per heavy atom. The molecule has 29 heavy (non-hydrogen) atoms. The molecule has 3 rings (SSSR count). The molecule has 3 aromatic rings. The van der Waals surface area contributed by atoms with Gasteiger partial charge in [0.15, 0.2) is 6.54 Å². The summed E-state index contributed by atoms with van der Waals surface area (Å²) >= 11 is 1.74. The van der Waals surface area contributed by atoms with E-state index in [1.807, 2.05) is 24.1 Å². The van der Waals surface area contributed by atoms with Crippen molar-refractivity contribution in [2.45, 2.75) is 18.0 Å². The molecule has 152 valence electrons. The Morgan fingerprint density at radius 1 is 1.00 bits per heavy atom. The predicted molar refractivity (Wildman–Crippen MR) is 121 cm³/mol. The largest absolute Gasteiger partial charge is 0.497 e. The molecule has 0 radical (unpaired) electrons. The molecule has 0 spiro atoms. The summed E-state index contributed by atoms with van der Waals surface area (Å²) in [5.41, 5.74) is 2.38. The van der Waals surface area contributed by atoms with Crippen LogP contribution in [0.3, 0.4) is 0 Å². The fourth-order valence-electron chi connectivity index (χ4n) is 3.41. The molecule has 0 saturated heterocycles. The maximum Gasteiger partial charge on any atom is 0.277 e. The third-order valence-electron chi connectivity index (χ3n) is 5.08. The third kappa shape index (κ3) is 5.75. The first-order chi connectivity index (χ1) is 14.0. The number of fused-ring (bicyclic) bond motifs is 1. The number of amides is 1. The van der Waals surface area contributed by atoms with Crippen molar-refractivity contribution in [3.63, 3.8) is 0 Å². The zero-order chi connectivity index (χ0) is 20.8. The molecule has 0 aromatic heterocycles. The number of likely N-dealkylation sites (N-methyl/N-ethyl adjacent to an activating group) is 2. The van der Waals surface area contributed by atoms with Gasteiger partial charge in [0.25, 0.3) is 5.91 Å². The predicted octanol–water partition coefficient (Wildman–Crippen LogP) is 3.24. The second-order valence-corrected chi connectivity index (χ2v) is 8.34. The highest BCUT2D eigenvalue weighted by Crippen LogP contribution is 2.22. The summed E-state index contributed by atoms with van der Waals surface area (Å²) in [6.07, 6.45) is 2.08. The topological polar surface area (TPSA) is 34.0 Å². The standard InChI is InChI=1S/C24H28N2O2S/c1-25(15-18-6-11-23(29-4)12-7-18)17-24(27)26(2)16-19-5-8-21-14-22(28-3)10-9-20(21)13-19/h5-14H,15-17H2,1-4H3/p+1. The maximum atomic E-state index is 12.7. The van der Waals surface area contributed by atoms with Gasteiger partial charge in [0, 0.05) is 24.1 Å². The smallest absolute Gasteiger partial charge is 0.277 e. The van der Waals surface area contributed by atoms with Crippen molar-refractivity contribution in [1.29, 1.82) is 0 Å². The summed E-state index contributed by atoms with van der Waals surface area (Å²) in [7, 11) is 5.62. The van der Waals surface area contributed by atoms with Crippen LogP contribution >= 0.6 is 11.8 Å². The van der Waals surface area contributed by atoms with Crippen molar-refractivity contribution in [3.05, 3.63) is 71.8 Å². The van der Waals surface area contributed by atoms with Crippen LogP contribution in [0.5, 0.6) is 5.75 Å². The minimum Gasteiger partial charge on any atom is -0.497 e. The van der Waals surface area contributed by atoms with Crippen LogP contribution in [0.25, 0.3) is 10.8 Å². The number of benzene rings is 3. The summed E-state index contributed by atoms with van der Waals surface area (Å²) in [6.45, 7) is 1.92. The first-order valence-corrected chi connectivity index (χ1v) is 11.0. The van der Waals surface area contributed by atoms with Crippen molar-refractivity contribution in [2.75, 3.05) is 34.0 Å². The number of carbonyl (C=O) groups is 1. The highest BCUT2D eigenvalue weighted by Gasteiger charge is 2.15. The van der Waals surface area contributed by atoms with Crippen LogP contribution in [-0.4, -0.2) is 44.8 Å². The molecule has 0 aliphatic rings. The van der Waals surface area contributed by atoms with E-state index in [9.17, 15) is 4.79 Å². The number of quaternary nitrogens is 1. The van der Waals surface area contributed by atoms with Gasteiger partial charge in [-0.25, -0.2) is 0 Å². The highest BCUT2D eigenvalue weighted by molar-refractivity contribution is 7.98. The Balaban J connectivity index is 1.57. The van der Waals surface area contributed by atoms with E-state index in [0.29, 0.717) is 13.1 Å². The van der Waals surface area contributed by atoms with E-state index in [1.54, 1.807) is 18.9 Å². The minimum atomic E-state index is 0.151. The van der Waals surface area contributed by atoms with Crippen LogP contribution in [0, 0.1) is 0 Å². The Kier molecular flexibility index (Phi) is 7.18. The molecule has 0 heterocycles. The molecule has 5 heteroatoms. The van der Waals surface area contributed by atoms with Gasteiger partial charge in [-0.3, -0.25) is 4.79 Å². The molecule has 1 unspecified atom stereocenters. The van der Waals surface area contributed by atoms with Gasteiger partial charge in [0.2, 0.25) is 0 Å². The molecule has 0 aliphatic carbocycles. The third-order valence-corrected chi connectivity index (χ3v) is 5.82. The van der Waals surface area contributed by atoms with Crippen molar-refractivity contribution >= 4 is 28.4 Å². The number of methoxy groups -OCH3 is 1. The number of ether oxygens (including phenoxy) is 1. The van der Waals surface area contributed by atoms with Gasteiger partial charge >= 0.3 is 0 Å². The minimum absolute atomic E-state index is 0.151. The van der Waals surface area contributed by atoms with Crippen molar-refractivity contribution in [3.8, 4) is 5.75 Å². The van der Waals surface area contributed by atoms with E-state index in [0.717, 1.165) is 28.6 Å². The number of hydrogen-bond donors (Lipinski definition) is 1. The summed E-state index contributed by atoms with van der Waals surface area (Å²) in [5.74, 6) is 1.00. The van der Waals surface area contributed by atoms with E-state index >= 15 is 0 Å². The lowest BCUT2D eigenvalue weighted by atomic mass is 10.1. The van der Waals surface area contributed by atoms with Gasteiger partial charge in [0.1, 0.15) is 12.3 Å². The van der Waals surface area contributed by atoms with Crippen LogP contribution in [0.2, 0.25) is 0 Å². The van der Waals surface area contributed by atoms with Gasteiger partial charge in [-0.1, -0.05) is 30.3 Å². The average molecular weight is 410 g/mol. The summed E-state index contributed by atoms with van der Waals surface area (Å²) in [5, 5.41) is 2.29. The van der Waals surface area contributed by atoms with Gasteiger partial charge in [-0.2, -0.15) is 0 Å². The molecular formula is C24H29N2O2S+. The monoisotopic (exact) mass is 409 g/mol. The second kappa shape index (κ2) is 9.81. The van der Waals surface area contributed by atoms with Crippen LogP contribution < -0.4 is 9.64 Å². The van der Waals surface area contributed by atoms with Crippen LogP contribution in [-0.2, 0) is 17.9 Å². The number of hydrogen-bond acceptors (Lipinski definition) is 3. The van der Waals surface area contributed by atoms with Crippen molar-refractivity contribution in [2.24, 2.45) is 0 Å². The number of carbonyl (C=O) groups excluding carboxylic acids is 1. The molecular weight excluding hydrogens is 380 g/mol. The summed E-state index contributed by atoms with van der Waals surface area (Å²) < 4.78 is 5.28. The first kappa shape index (κ1) is 21.2. The average Bonchev–Trinajstić information content (AvgIpc) is 2.73. The number of rotatable bonds is 8. The second-order valence-electron chi connectivity index (χ2n) is 7.46. The highest BCUT2D eigenvalue weighted by atomic mass is 32.2. The molecule has 1 N–H and O–H groups in total. The molecule has 1 amide bonds. The zero-order valence-corrected chi connectivity index (χ0v) is 18.4. The molecule has 1 atom stereocenters. The zero-order valence-electron chi connectivity index (χ0n) is 17.6. The van der Waals surface area contributed by atoms with E-state index in [4.69, 9.17) is 4.74 Å². The molecule has 4 nitrogen and oxygen atoms in total. The van der Waals surface area contributed by atoms with E-state index < -0.39 is 0 Å². The lowest BCUT2D eigenvalue weighted by Crippen LogP contribution is -3.08. The van der Waals surface area contributed by atoms with E-state index in [1.165, 1.54) is 15.4 Å². The molecule has 3 aromatic carbocycles. The van der Waals surface area contributed by atoms with Crippen LogP contribution in [0.15, 0.2) is 65.6 Å². The Hall–Kier alpha value is -2.50. The van der Waals surface area contributed by atoms with E-state index in [-0.39, 0.29) is 5.91 Å². The SMILES string of the molecule is COc1ccc2cc(CN(C)C(=O)C[NH+](C)Cc3ccc(SC)cc3)ccc2c1. The van der Waals surface area contributed by atoms with Crippen LogP contribution in [0.4, 0.5) is 0 Å². The first-order valence-electron chi connectivity index (χ1n) is 9.73. The number of nitrogens with zero attached hydrogens (tertiary/aromatic N) is 1. The fourth-order valence-corrected chi connectivity index (χ4v) is 3.82. The normalized spacial score (nSPS) is 12.0. The van der Waals surface area contributed by atoms with Gasteiger partial charge in [0.05, 0.1) is 14.2 Å².